The molecule has 0 fully saturated rings. The highest BCUT2D eigenvalue weighted by atomic mass is 32.1. The lowest BCUT2D eigenvalue weighted by Gasteiger charge is -2.22. The Morgan fingerprint density at radius 1 is 1.53 bits per heavy atom. The lowest BCUT2D eigenvalue weighted by molar-refractivity contribution is 0.0845. The van der Waals surface area contributed by atoms with Gasteiger partial charge in [0.05, 0.1) is 18.0 Å². The van der Waals surface area contributed by atoms with Crippen molar-refractivity contribution in [3.05, 3.63) is 21.9 Å². The molecule has 1 aromatic heterocycles. The zero-order chi connectivity index (χ0) is 12.8. The van der Waals surface area contributed by atoms with E-state index in [0.29, 0.717) is 13.2 Å². The molecule has 0 bridgehead atoms. The van der Waals surface area contributed by atoms with Gasteiger partial charge in [-0.2, -0.15) is 0 Å². The molecule has 0 amide bonds. The molecule has 0 radical (unpaired) electrons. The largest absolute Gasteiger partial charge is 0.383 e. The third-order valence-corrected chi connectivity index (χ3v) is 4.11. The summed E-state index contributed by atoms with van der Waals surface area (Å²) in [6, 6.07) is 4.23. The Labute approximate surface area is 107 Å². The van der Waals surface area contributed by atoms with Crippen molar-refractivity contribution in [2.45, 2.75) is 26.3 Å². The van der Waals surface area contributed by atoms with Crippen molar-refractivity contribution in [1.29, 1.82) is 0 Å². The lowest BCUT2D eigenvalue weighted by atomic mass is 10.2. The van der Waals surface area contributed by atoms with E-state index in [2.05, 4.69) is 13.8 Å². The van der Waals surface area contributed by atoms with Crippen LogP contribution in [0.25, 0.3) is 0 Å². The summed E-state index contributed by atoms with van der Waals surface area (Å²) < 4.78 is 5.08. The molecule has 1 heterocycles. The van der Waals surface area contributed by atoms with E-state index in [1.807, 2.05) is 24.1 Å². The molecular weight excluding hydrogens is 234 g/mol. The van der Waals surface area contributed by atoms with E-state index in [9.17, 15) is 4.79 Å². The molecule has 0 aliphatic rings. The van der Waals surface area contributed by atoms with Gasteiger partial charge in [-0.3, -0.25) is 9.69 Å². The first kappa shape index (κ1) is 14.4. The van der Waals surface area contributed by atoms with Crippen molar-refractivity contribution in [2.75, 3.05) is 27.3 Å². The highest BCUT2D eigenvalue weighted by Crippen LogP contribution is 2.17. The molecule has 0 saturated heterocycles. The normalized spacial score (nSPS) is 13.0. The molecule has 17 heavy (non-hydrogen) atoms. The van der Waals surface area contributed by atoms with Gasteiger partial charge in [-0.1, -0.05) is 6.92 Å². The van der Waals surface area contributed by atoms with E-state index >= 15 is 0 Å². The average Bonchev–Trinajstić information content (AvgIpc) is 2.77. The van der Waals surface area contributed by atoms with Gasteiger partial charge in [-0.15, -0.1) is 11.3 Å². The smallest absolute Gasteiger partial charge is 0.186 e. The van der Waals surface area contributed by atoms with E-state index in [4.69, 9.17) is 4.74 Å². The molecule has 1 rings (SSSR count). The highest BCUT2D eigenvalue weighted by molar-refractivity contribution is 7.14. The third kappa shape index (κ3) is 4.22. The summed E-state index contributed by atoms with van der Waals surface area (Å²) in [5.41, 5.74) is 0. The van der Waals surface area contributed by atoms with Gasteiger partial charge in [0.1, 0.15) is 0 Å². The monoisotopic (exact) mass is 255 g/mol. The van der Waals surface area contributed by atoms with Crippen molar-refractivity contribution < 1.29 is 9.53 Å². The first-order valence-electron chi connectivity index (χ1n) is 5.89. The number of ether oxygens (including phenoxy) is 1. The lowest BCUT2D eigenvalue weighted by Crippen LogP contribution is -2.36. The Kier molecular flexibility index (Phi) is 5.82. The Morgan fingerprint density at radius 2 is 2.24 bits per heavy atom. The van der Waals surface area contributed by atoms with Crippen LogP contribution < -0.4 is 0 Å². The van der Waals surface area contributed by atoms with E-state index in [-0.39, 0.29) is 11.8 Å². The van der Waals surface area contributed by atoms with Gasteiger partial charge in [0.25, 0.3) is 0 Å². The second kappa shape index (κ2) is 6.89. The van der Waals surface area contributed by atoms with Gasteiger partial charge in [0.2, 0.25) is 0 Å². The average molecular weight is 255 g/mol. The third-order valence-electron chi connectivity index (χ3n) is 2.84. The number of carbonyl (C=O) groups excluding carboxylic acids is 1. The molecular formula is C13H21NO2S. The van der Waals surface area contributed by atoms with Gasteiger partial charge in [-0.25, -0.2) is 0 Å². The molecule has 0 saturated carbocycles. The molecule has 4 heteroatoms. The molecule has 1 aromatic rings. The van der Waals surface area contributed by atoms with E-state index in [1.54, 1.807) is 18.4 Å². The molecule has 0 N–H and O–H groups in total. The molecule has 0 spiro atoms. The quantitative estimate of drug-likeness (QED) is 0.701. The maximum absolute atomic E-state index is 12.0. The second-order valence-corrected chi connectivity index (χ2v) is 5.43. The van der Waals surface area contributed by atoms with Gasteiger partial charge in [0, 0.05) is 18.0 Å². The van der Waals surface area contributed by atoms with E-state index in [0.717, 1.165) is 11.3 Å². The summed E-state index contributed by atoms with van der Waals surface area (Å²) in [4.78, 5) is 16.2. The zero-order valence-electron chi connectivity index (χ0n) is 11.0. The number of Topliss-reactive ketones (excluding diaryl/α,β-unsaturated/α-hetero) is 1. The van der Waals surface area contributed by atoms with Crippen LogP contribution >= 0.6 is 11.3 Å². The number of nitrogens with zero attached hydrogens (tertiary/aromatic N) is 1. The molecule has 1 atom stereocenters. The minimum absolute atomic E-state index is 0.195. The van der Waals surface area contributed by atoms with Gasteiger partial charge < -0.3 is 4.74 Å². The molecule has 0 aromatic carbocycles. The Hall–Kier alpha value is -0.710. The van der Waals surface area contributed by atoms with Crippen molar-refractivity contribution in [2.24, 2.45) is 0 Å². The van der Waals surface area contributed by atoms with Gasteiger partial charge in [-0.05, 0) is 32.5 Å². The van der Waals surface area contributed by atoms with Crippen LogP contribution in [0.1, 0.15) is 28.4 Å². The Morgan fingerprint density at radius 3 is 2.76 bits per heavy atom. The Bertz CT molecular complexity index is 362. The van der Waals surface area contributed by atoms with Crippen LogP contribution in [0.3, 0.4) is 0 Å². The summed E-state index contributed by atoms with van der Waals surface area (Å²) in [6.45, 7) is 5.26. The minimum Gasteiger partial charge on any atom is -0.383 e. The number of carbonyl (C=O) groups is 1. The summed E-state index contributed by atoms with van der Waals surface area (Å²) in [5.74, 6) is 0.195. The summed E-state index contributed by atoms with van der Waals surface area (Å²) in [5, 5.41) is 0. The molecule has 0 aliphatic carbocycles. The van der Waals surface area contributed by atoms with Crippen LogP contribution in [0.5, 0.6) is 0 Å². The fourth-order valence-electron chi connectivity index (χ4n) is 1.55. The van der Waals surface area contributed by atoms with Crippen LogP contribution in [0.2, 0.25) is 0 Å². The highest BCUT2D eigenvalue weighted by Gasteiger charge is 2.15. The van der Waals surface area contributed by atoms with Crippen LogP contribution in [0.4, 0.5) is 0 Å². The first-order chi connectivity index (χ1) is 8.08. The Balaban J connectivity index is 2.53. The minimum atomic E-state index is 0.195. The maximum Gasteiger partial charge on any atom is 0.186 e. The van der Waals surface area contributed by atoms with Crippen molar-refractivity contribution >= 4 is 17.1 Å². The molecule has 0 aliphatic heterocycles. The number of hydrogen-bond acceptors (Lipinski definition) is 4. The molecule has 3 nitrogen and oxygen atoms in total. The topological polar surface area (TPSA) is 29.5 Å². The number of ketones is 1. The molecule has 96 valence electrons. The van der Waals surface area contributed by atoms with Crippen molar-refractivity contribution in [3.8, 4) is 0 Å². The number of aryl methyl sites for hydroxylation is 1. The van der Waals surface area contributed by atoms with Crippen LogP contribution in [0, 0.1) is 0 Å². The summed E-state index contributed by atoms with van der Waals surface area (Å²) in [7, 11) is 3.63. The number of hydrogen-bond donors (Lipinski definition) is 0. The van der Waals surface area contributed by atoms with Crippen LogP contribution in [-0.4, -0.2) is 44.0 Å². The van der Waals surface area contributed by atoms with Crippen LogP contribution in [0.15, 0.2) is 12.1 Å². The second-order valence-electron chi connectivity index (χ2n) is 4.26. The summed E-state index contributed by atoms with van der Waals surface area (Å²) in [6.07, 6.45) is 0.994. The predicted molar refractivity (Wildman–Crippen MR) is 72.0 cm³/mol. The number of rotatable bonds is 7. The van der Waals surface area contributed by atoms with Crippen LogP contribution in [-0.2, 0) is 11.2 Å². The standard InChI is InChI=1S/C13H21NO2S/c1-5-11-6-7-13(17-11)12(15)8-14(3)10(2)9-16-4/h6-7,10H,5,8-9H2,1-4H3. The number of methoxy groups -OCH3 is 1. The first-order valence-corrected chi connectivity index (χ1v) is 6.71. The zero-order valence-corrected chi connectivity index (χ0v) is 11.8. The maximum atomic E-state index is 12.0. The SMILES string of the molecule is CCc1ccc(C(=O)CN(C)C(C)COC)s1. The van der Waals surface area contributed by atoms with Gasteiger partial charge >= 0.3 is 0 Å². The fourth-order valence-corrected chi connectivity index (χ4v) is 2.42. The van der Waals surface area contributed by atoms with Crippen molar-refractivity contribution in [3.63, 3.8) is 0 Å². The number of thiophene rings is 1. The van der Waals surface area contributed by atoms with Gasteiger partial charge in [0.15, 0.2) is 5.78 Å². The fraction of sp³-hybridized carbons (Fsp3) is 0.615. The number of likely N-dealkylation sites (N-methyl/N-ethyl adjacent to an activating group) is 1. The van der Waals surface area contributed by atoms with Crippen molar-refractivity contribution in [1.82, 2.24) is 4.90 Å². The van der Waals surface area contributed by atoms with E-state index in [1.165, 1.54) is 4.88 Å². The predicted octanol–water partition coefficient (Wildman–Crippen LogP) is 2.46. The summed E-state index contributed by atoms with van der Waals surface area (Å²) >= 11 is 1.60. The van der Waals surface area contributed by atoms with E-state index < -0.39 is 0 Å². The molecule has 1 unspecified atom stereocenters.